The van der Waals surface area contributed by atoms with Gasteiger partial charge in [0.15, 0.2) is 5.75 Å². The number of aryl methyl sites for hydroxylation is 1. The molecular weight excluding hydrogens is 545 g/mol. The Bertz CT molecular complexity index is 1770. The van der Waals surface area contributed by atoms with Gasteiger partial charge in [-0.05, 0) is 59.5 Å². The van der Waals surface area contributed by atoms with Crippen LogP contribution in [0.1, 0.15) is 42.5 Å². The minimum Gasteiger partial charge on any atom is -0.496 e. The second-order valence-electron chi connectivity index (χ2n) is 8.89. The van der Waals surface area contributed by atoms with Crippen molar-refractivity contribution in [2.45, 2.75) is 32.9 Å². The fourth-order valence-electron chi connectivity index (χ4n) is 4.76. The Kier molecular flexibility index (Phi) is 7.59. The van der Waals surface area contributed by atoms with Crippen LogP contribution in [-0.4, -0.2) is 7.11 Å². The third kappa shape index (κ3) is 4.75. The molecule has 2 N–H and O–H groups in total. The van der Waals surface area contributed by atoms with Gasteiger partial charge in [0.05, 0.1) is 34.6 Å². The maximum atomic E-state index is 13.6. The molecule has 0 saturated heterocycles. The summed E-state index contributed by atoms with van der Waals surface area (Å²) in [7, 11) is 1.38. The Morgan fingerprint density at radius 2 is 1.88 bits per heavy atom. The molecule has 0 spiro atoms. The van der Waals surface area contributed by atoms with Crippen LogP contribution in [0.5, 0.6) is 11.5 Å². The average molecular weight is 569 g/mol. The van der Waals surface area contributed by atoms with Gasteiger partial charge >= 0.3 is 11.8 Å². The third-order valence-corrected chi connectivity index (χ3v) is 7.01. The number of nitriles is 1. The van der Waals surface area contributed by atoms with Crippen molar-refractivity contribution < 1.29 is 27.1 Å². The van der Waals surface area contributed by atoms with Crippen molar-refractivity contribution in [3.05, 3.63) is 104 Å². The van der Waals surface area contributed by atoms with Crippen LogP contribution in [0.3, 0.4) is 0 Å². The number of hydrogen-bond donors (Lipinski definition) is 1. The summed E-state index contributed by atoms with van der Waals surface area (Å²) in [6, 6.07) is 15.6. The van der Waals surface area contributed by atoms with Crippen LogP contribution in [-0.2, 0) is 12.6 Å². The van der Waals surface area contributed by atoms with Gasteiger partial charge in [0, 0.05) is 5.56 Å². The van der Waals surface area contributed by atoms with Crippen LogP contribution in [0.25, 0.3) is 22.1 Å². The van der Waals surface area contributed by atoms with Gasteiger partial charge in [0.2, 0.25) is 5.88 Å². The van der Waals surface area contributed by atoms with E-state index < -0.39 is 28.3 Å². The lowest BCUT2D eigenvalue weighted by Crippen LogP contribution is -2.26. The molecule has 0 aliphatic carbocycles. The molecule has 1 aliphatic rings. The molecule has 1 aliphatic heterocycles. The summed E-state index contributed by atoms with van der Waals surface area (Å²) in [5, 5.41) is 10.0. The van der Waals surface area contributed by atoms with E-state index in [1.54, 1.807) is 24.3 Å². The number of nitrogens with two attached hydrogens (primary N) is 1. The molecule has 0 bridgehead atoms. The molecule has 1 atom stereocenters. The number of fused-ring (bicyclic) bond motifs is 3. The smallest absolute Gasteiger partial charge is 0.417 e. The van der Waals surface area contributed by atoms with Crippen LogP contribution in [0.15, 0.2) is 75.3 Å². The fraction of sp³-hybridized carbons (Fsp3) is 0.200. The molecule has 5 rings (SSSR count). The molecular formula is C30H24ClF3N2O4. The predicted molar refractivity (Wildman–Crippen MR) is 146 cm³/mol. The van der Waals surface area contributed by atoms with Crippen LogP contribution in [0, 0.1) is 11.3 Å². The first-order valence-electron chi connectivity index (χ1n) is 11.8. The zero-order valence-electron chi connectivity index (χ0n) is 20.7. The highest BCUT2D eigenvalue weighted by Gasteiger charge is 2.37. The highest BCUT2D eigenvalue weighted by molar-refractivity contribution is 6.31. The molecule has 1 aromatic heterocycles. The number of halogens is 4. The molecule has 0 saturated carbocycles. The van der Waals surface area contributed by atoms with Crippen LogP contribution >= 0.6 is 11.6 Å². The fourth-order valence-corrected chi connectivity index (χ4v) is 4.99. The normalized spacial score (nSPS) is 14.7. The molecule has 1 unspecified atom stereocenters. The summed E-state index contributed by atoms with van der Waals surface area (Å²) >= 11 is 5.83. The molecule has 2 heterocycles. The van der Waals surface area contributed by atoms with Gasteiger partial charge in [-0.2, -0.15) is 18.4 Å². The van der Waals surface area contributed by atoms with Gasteiger partial charge in [-0.3, -0.25) is 0 Å². The number of allylic oxidation sites excluding steroid dienone is 1. The maximum absolute atomic E-state index is 13.6. The van der Waals surface area contributed by atoms with Crippen molar-refractivity contribution in [1.29, 1.82) is 5.26 Å². The summed E-state index contributed by atoms with van der Waals surface area (Å²) < 4.78 is 57.6. The summed E-state index contributed by atoms with van der Waals surface area (Å²) in [5.41, 5.74) is 6.57. The van der Waals surface area contributed by atoms with Crippen molar-refractivity contribution in [3.63, 3.8) is 0 Å². The zero-order valence-corrected chi connectivity index (χ0v) is 21.4. The van der Waals surface area contributed by atoms with E-state index >= 15 is 0 Å². The van der Waals surface area contributed by atoms with E-state index in [1.807, 2.05) is 25.1 Å². The lowest BCUT2D eigenvalue weighted by molar-refractivity contribution is -0.137. The highest BCUT2D eigenvalue weighted by atomic mass is 35.5. The first kappa shape index (κ1) is 28.6. The van der Waals surface area contributed by atoms with Crippen molar-refractivity contribution in [2.75, 3.05) is 7.11 Å². The minimum absolute atomic E-state index is 0. The molecule has 0 fully saturated rings. The molecule has 0 radical (unpaired) electrons. The Labute approximate surface area is 233 Å². The Morgan fingerprint density at radius 1 is 1.12 bits per heavy atom. The summed E-state index contributed by atoms with van der Waals surface area (Å²) in [4.78, 5) is 13.3. The van der Waals surface area contributed by atoms with E-state index in [9.17, 15) is 23.2 Å². The first-order chi connectivity index (χ1) is 18.6. The Morgan fingerprint density at radius 3 is 2.52 bits per heavy atom. The highest BCUT2D eigenvalue weighted by Crippen LogP contribution is 2.46. The van der Waals surface area contributed by atoms with Gasteiger partial charge in [0.1, 0.15) is 23.0 Å². The lowest BCUT2D eigenvalue weighted by atomic mass is 9.82. The number of nitrogens with zero attached hydrogens (tertiary/aromatic N) is 1. The van der Waals surface area contributed by atoms with Crippen LogP contribution < -0.4 is 20.8 Å². The largest absolute Gasteiger partial charge is 0.496 e. The van der Waals surface area contributed by atoms with Crippen molar-refractivity contribution in [2.24, 2.45) is 5.73 Å². The average Bonchev–Trinajstić information content (AvgIpc) is 2.91. The predicted octanol–water partition coefficient (Wildman–Crippen LogP) is 7.56. The van der Waals surface area contributed by atoms with Crippen LogP contribution in [0.2, 0.25) is 5.02 Å². The third-order valence-electron chi connectivity index (χ3n) is 6.68. The quantitative estimate of drug-likeness (QED) is 0.255. The van der Waals surface area contributed by atoms with E-state index in [0.29, 0.717) is 28.5 Å². The maximum Gasteiger partial charge on any atom is 0.417 e. The monoisotopic (exact) mass is 568 g/mol. The van der Waals surface area contributed by atoms with E-state index in [4.69, 9.17) is 31.2 Å². The van der Waals surface area contributed by atoms with Gasteiger partial charge in [-0.25, -0.2) is 4.79 Å². The molecule has 0 amide bonds. The standard InChI is InChI=1S/C29H20ClF3N2O4.CH4/c1-3-14-4-8-23-18(10-14)26-25(28(36)38-23)24(19(13-34)27(35)39-26)16-6-9-22(37-2)17(11-16)15-5-7-21(30)20(12-15)29(31,32)33;/h4-12,24H,3,35H2,1-2H3;1H4. The molecule has 3 aromatic carbocycles. The zero-order chi connectivity index (χ0) is 28.1. The SMILES string of the molecule is C.CCc1ccc2oc(=O)c3c(c2c1)OC(N)=C(C#N)C3c1ccc(OC)c(-c2ccc(Cl)c(C(F)(F)F)c2)c1. The second-order valence-corrected chi connectivity index (χ2v) is 9.30. The van der Waals surface area contributed by atoms with Gasteiger partial charge in [-0.15, -0.1) is 0 Å². The number of rotatable bonds is 4. The Hall–Kier alpha value is -4.42. The number of ether oxygens (including phenoxy) is 2. The molecule has 6 nitrogen and oxygen atoms in total. The van der Waals surface area contributed by atoms with Gasteiger partial charge < -0.3 is 19.6 Å². The number of benzene rings is 3. The van der Waals surface area contributed by atoms with E-state index in [2.05, 4.69) is 0 Å². The van der Waals surface area contributed by atoms with Gasteiger partial charge in [0.25, 0.3) is 0 Å². The first-order valence-corrected chi connectivity index (χ1v) is 12.2. The van der Waals surface area contributed by atoms with Crippen molar-refractivity contribution in [3.8, 4) is 28.7 Å². The Balaban J connectivity index is 0.00000370. The topological polar surface area (TPSA) is 98.5 Å². The lowest BCUT2D eigenvalue weighted by Gasteiger charge is -2.26. The summed E-state index contributed by atoms with van der Waals surface area (Å²) in [5.74, 6) is -0.757. The van der Waals surface area contributed by atoms with Crippen molar-refractivity contribution >= 4 is 22.6 Å². The number of alkyl halides is 3. The number of hydrogen-bond acceptors (Lipinski definition) is 6. The van der Waals surface area contributed by atoms with Gasteiger partial charge in [-0.1, -0.05) is 44.2 Å². The van der Waals surface area contributed by atoms with E-state index in [-0.39, 0.29) is 41.5 Å². The molecule has 40 heavy (non-hydrogen) atoms. The summed E-state index contributed by atoms with van der Waals surface area (Å²) in [6.45, 7) is 1.97. The molecule has 206 valence electrons. The number of methoxy groups -OCH3 is 1. The second kappa shape index (κ2) is 10.6. The van der Waals surface area contributed by atoms with E-state index in [1.165, 1.54) is 13.2 Å². The summed E-state index contributed by atoms with van der Waals surface area (Å²) in [6.07, 6.45) is -3.97. The molecule has 4 aromatic rings. The van der Waals surface area contributed by atoms with E-state index in [0.717, 1.165) is 17.7 Å². The minimum atomic E-state index is -4.68. The molecule has 10 heteroatoms. The van der Waals surface area contributed by atoms with Crippen molar-refractivity contribution in [1.82, 2.24) is 0 Å². The van der Waals surface area contributed by atoms with Crippen LogP contribution in [0.4, 0.5) is 13.2 Å².